The van der Waals surface area contributed by atoms with E-state index in [1.54, 1.807) is 13.3 Å². The third kappa shape index (κ3) is 3.98. The van der Waals surface area contributed by atoms with E-state index in [9.17, 15) is 4.79 Å². The molecule has 0 spiro atoms. The van der Waals surface area contributed by atoms with Crippen LogP contribution in [0.15, 0.2) is 91.4 Å². The second-order valence-corrected chi connectivity index (χ2v) is 9.41. The quantitative estimate of drug-likeness (QED) is 0.316. The molecule has 37 heavy (non-hydrogen) atoms. The van der Waals surface area contributed by atoms with Gasteiger partial charge in [0.2, 0.25) is 0 Å². The molecule has 0 aliphatic heterocycles. The number of aromatic nitrogens is 3. The molecule has 3 heterocycles. The first-order valence-electron chi connectivity index (χ1n) is 12.3. The number of carbonyl (C=O) groups excluding carboxylic acids is 1. The van der Waals surface area contributed by atoms with Crippen molar-refractivity contribution in [3.63, 3.8) is 0 Å². The molecule has 1 aliphatic rings. The van der Waals surface area contributed by atoms with Crippen molar-refractivity contribution < 1.29 is 9.53 Å². The van der Waals surface area contributed by atoms with E-state index in [0.29, 0.717) is 5.75 Å². The van der Waals surface area contributed by atoms with Gasteiger partial charge in [-0.05, 0) is 43.0 Å². The zero-order chi connectivity index (χ0) is 25.4. The summed E-state index contributed by atoms with van der Waals surface area (Å²) in [4.78, 5) is 21.2. The molecule has 184 valence electrons. The molecule has 7 nitrogen and oxygen atoms in total. The summed E-state index contributed by atoms with van der Waals surface area (Å²) >= 11 is 0. The first kappa shape index (κ1) is 22.8. The van der Waals surface area contributed by atoms with Gasteiger partial charge in [-0.1, -0.05) is 54.6 Å². The maximum Gasteiger partial charge on any atom is 0.312 e. The highest BCUT2D eigenvalue weighted by atomic mass is 16.5. The molecule has 3 aromatic heterocycles. The number of carbonyl (C=O) groups is 1. The molecule has 0 saturated heterocycles. The molecule has 2 aromatic carbocycles. The molecule has 5 aromatic rings. The smallest absolute Gasteiger partial charge is 0.312 e. The molecule has 3 N–H and O–H groups in total. The van der Waals surface area contributed by atoms with E-state index in [-0.39, 0.29) is 5.54 Å². The van der Waals surface area contributed by atoms with E-state index in [1.165, 1.54) is 0 Å². The molecular weight excluding hydrogens is 462 g/mol. The summed E-state index contributed by atoms with van der Waals surface area (Å²) in [6, 6.07) is 24.2. The first-order valence-corrected chi connectivity index (χ1v) is 12.3. The third-order valence-electron chi connectivity index (χ3n) is 7.24. The maximum atomic E-state index is 11.6. The Hall–Kier alpha value is -4.65. The van der Waals surface area contributed by atoms with Gasteiger partial charge in [-0.15, -0.1) is 0 Å². The van der Waals surface area contributed by atoms with Gasteiger partial charge in [-0.3, -0.25) is 9.38 Å². The summed E-state index contributed by atoms with van der Waals surface area (Å²) in [6.07, 6.45) is 8.40. The normalized spacial score (nSPS) is 14.2. The van der Waals surface area contributed by atoms with E-state index in [0.717, 1.165) is 64.1 Å². The lowest BCUT2D eigenvalue weighted by atomic mass is 9.71. The van der Waals surface area contributed by atoms with E-state index >= 15 is 0 Å². The predicted molar refractivity (Wildman–Crippen MR) is 144 cm³/mol. The zero-order valence-corrected chi connectivity index (χ0v) is 20.5. The van der Waals surface area contributed by atoms with Gasteiger partial charge in [-0.2, -0.15) is 0 Å². The summed E-state index contributed by atoms with van der Waals surface area (Å²) in [6.45, 7) is 0. The van der Waals surface area contributed by atoms with Crippen molar-refractivity contribution in [2.45, 2.75) is 24.8 Å². The SMILES string of the molecule is COc1cncc(-c2cccn3c(-c4ccccc4)c(-c4ccc(C5(NC(N)=O)CCC5)cc4)nc23)c1. The number of imidazole rings is 1. The maximum absolute atomic E-state index is 11.6. The molecule has 0 bridgehead atoms. The molecule has 2 amide bonds. The van der Waals surface area contributed by atoms with Gasteiger partial charge >= 0.3 is 6.03 Å². The lowest BCUT2D eigenvalue weighted by molar-refractivity contribution is 0.183. The van der Waals surface area contributed by atoms with E-state index in [2.05, 4.69) is 57.2 Å². The number of rotatable bonds is 6. The number of primary amides is 1. The number of nitrogens with zero attached hydrogens (tertiary/aromatic N) is 3. The lowest BCUT2D eigenvalue weighted by Crippen LogP contribution is -2.52. The van der Waals surface area contributed by atoms with Gasteiger partial charge in [0.25, 0.3) is 0 Å². The van der Waals surface area contributed by atoms with Gasteiger partial charge in [0.05, 0.1) is 30.2 Å². The first-order chi connectivity index (χ1) is 18.1. The molecule has 0 atom stereocenters. The Morgan fingerprint density at radius 1 is 0.973 bits per heavy atom. The Balaban J connectivity index is 1.52. The number of fused-ring (bicyclic) bond motifs is 1. The number of urea groups is 1. The molecule has 1 saturated carbocycles. The highest BCUT2D eigenvalue weighted by Gasteiger charge is 2.39. The van der Waals surface area contributed by atoms with Crippen molar-refractivity contribution in [2.24, 2.45) is 5.73 Å². The minimum Gasteiger partial charge on any atom is -0.495 e. The second kappa shape index (κ2) is 9.09. The topological polar surface area (TPSA) is 94.5 Å². The van der Waals surface area contributed by atoms with E-state index < -0.39 is 6.03 Å². The van der Waals surface area contributed by atoms with Crippen LogP contribution in [0.3, 0.4) is 0 Å². The van der Waals surface area contributed by atoms with Crippen molar-refractivity contribution in [1.82, 2.24) is 19.7 Å². The van der Waals surface area contributed by atoms with Crippen LogP contribution in [0.1, 0.15) is 24.8 Å². The van der Waals surface area contributed by atoms with Gasteiger partial charge < -0.3 is 15.8 Å². The standard InChI is InChI=1S/C30H27N5O2/c1-37-24-17-22(18-32-19-24)25-9-5-16-35-27(21-7-3-2-4-8-21)26(33-28(25)35)20-10-12-23(13-11-20)30(14-6-15-30)34-29(31)36/h2-5,7-13,16-19H,6,14-15H2,1H3,(H3,31,34,36). The fraction of sp³-hybridized carbons (Fsp3) is 0.167. The number of amides is 2. The zero-order valence-electron chi connectivity index (χ0n) is 20.5. The van der Waals surface area contributed by atoms with E-state index in [4.69, 9.17) is 15.5 Å². The Bertz CT molecular complexity index is 1590. The fourth-order valence-electron chi connectivity index (χ4n) is 5.24. The van der Waals surface area contributed by atoms with Crippen molar-refractivity contribution in [3.05, 3.63) is 97.0 Å². The van der Waals surface area contributed by atoms with Crippen LogP contribution in [0.25, 0.3) is 39.3 Å². The molecule has 7 heteroatoms. The van der Waals surface area contributed by atoms with E-state index in [1.807, 2.05) is 42.7 Å². The highest BCUT2D eigenvalue weighted by molar-refractivity contribution is 5.87. The summed E-state index contributed by atoms with van der Waals surface area (Å²) in [7, 11) is 1.64. The van der Waals surface area contributed by atoms with Crippen molar-refractivity contribution >= 4 is 11.7 Å². The predicted octanol–water partition coefficient (Wildman–Crippen LogP) is 5.79. The number of nitrogens with one attached hydrogen (secondary N) is 1. The van der Waals surface area contributed by atoms with Gasteiger partial charge in [-0.25, -0.2) is 9.78 Å². The summed E-state index contributed by atoms with van der Waals surface area (Å²) in [5.41, 5.74) is 12.9. The molecule has 0 radical (unpaired) electrons. The number of methoxy groups -OCH3 is 1. The van der Waals surface area contributed by atoms with Crippen molar-refractivity contribution in [1.29, 1.82) is 0 Å². The average molecular weight is 490 g/mol. The third-order valence-corrected chi connectivity index (χ3v) is 7.24. The monoisotopic (exact) mass is 489 g/mol. The number of pyridine rings is 2. The molecule has 1 aliphatic carbocycles. The Labute approximate surface area is 215 Å². The summed E-state index contributed by atoms with van der Waals surface area (Å²) < 4.78 is 7.54. The lowest BCUT2D eigenvalue weighted by Gasteiger charge is -2.42. The molecule has 0 unspecified atom stereocenters. The molecule has 6 rings (SSSR count). The Morgan fingerprint density at radius 3 is 2.43 bits per heavy atom. The summed E-state index contributed by atoms with van der Waals surface area (Å²) in [5.74, 6) is 0.694. The van der Waals surface area contributed by atoms with Crippen LogP contribution >= 0.6 is 0 Å². The van der Waals surface area contributed by atoms with Crippen molar-refractivity contribution in [2.75, 3.05) is 7.11 Å². The van der Waals surface area contributed by atoms with Gasteiger partial charge in [0.15, 0.2) is 0 Å². The van der Waals surface area contributed by atoms with Crippen LogP contribution < -0.4 is 15.8 Å². The number of ether oxygens (including phenoxy) is 1. The number of benzene rings is 2. The number of nitrogens with two attached hydrogens (primary N) is 1. The van der Waals surface area contributed by atoms with Crippen LogP contribution in [0, 0.1) is 0 Å². The van der Waals surface area contributed by atoms with Crippen LogP contribution in [0.5, 0.6) is 5.75 Å². The molecule has 1 fully saturated rings. The fourth-order valence-corrected chi connectivity index (χ4v) is 5.24. The van der Waals surface area contributed by atoms with Crippen LogP contribution in [0.2, 0.25) is 0 Å². The minimum absolute atomic E-state index is 0.377. The van der Waals surface area contributed by atoms with Gasteiger partial charge in [0.1, 0.15) is 11.4 Å². The van der Waals surface area contributed by atoms with Crippen LogP contribution in [-0.2, 0) is 5.54 Å². The second-order valence-electron chi connectivity index (χ2n) is 9.41. The van der Waals surface area contributed by atoms with Crippen molar-refractivity contribution in [3.8, 4) is 39.4 Å². The summed E-state index contributed by atoms with van der Waals surface area (Å²) in [5, 5.41) is 2.96. The van der Waals surface area contributed by atoms with Crippen LogP contribution in [-0.4, -0.2) is 27.5 Å². The van der Waals surface area contributed by atoms with Crippen LogP contribution in [0.4, 0.5) is 4.79 Å². The Kier molecular flexibility index (Phi) is 5.60. The number of hydrogen-bond donors (Lipinski definition) is 2. The Morgan fingerprint density at radius 2 is 1.76 bits per heavy atom. The largest absolute Gasteiger partial charge is 0.495 e. The minimum atomic E-state index is -0.491. The number of hydrogen-bond acceptors (Lipinski definition) is 4. The van der Waals surface area contributed by atoms with Gasteiger partial charge in [0, 0.05) is 34.6 Å². The average Bonchev–Trinajstić information content (AvgIpc) is 3.31. The molecular formula is C30H27N5O2. The highest BCUT2D eigenvalue weighted by Crippen LogP contribution is 2.42.